The molecule has 23 heavy (non-hydrogen) atoms. The van der Waals surface area contributed by atoms with Crippen LogP contribution >= 0.6 is 0 Å². The Morgan fingerprint density at radius 1 is 1.17 bits per heavy atom. The smallest absolute Gasteiger partial charge is 0.244 e. The van der Waals surface area contributed by atoms with Crippen molar-refractivity contribution in [1.29, 1.82) is 0 Å². The van der Waals surface area contributed by atoms with E-state index in [0.29, 0.717) is 19.3 Å². The second kappa shape index (κ2) is 5.04. The Labute approximate surface area is 132 Å². The molecule has 2 aliphatic rings. The lowest BCUT2D eigenvalue weighted by Gasteiger charge is -2.34. The molecule has 1 aromatic carbocycles. The molecular weight excluding hydrogens is 324 g/mol. The standard InChI is InChI=1S/C15H13F2N3O2S/c16-11-2-1-3-12(17)15(11)23(21,22)20-9-4-5-14(20)10-7-18-8-19-13(10)6-9/h1-3,7-9,14H,4-6H2. The van der Waals surface area contributed by atoms with Gasteiger partial charge in [0.15, 0.2) is 4.90 Å². The Bertz CT molecular complexity index is 868. The molecule has 0 spiro atoms. The van der Waals surface area contributed by atoms with Crippen molar-refractivity contribution < 1.29 is 17.2 Å². The van der Waals surface area contributed by atoms with Gasteiger partial charge in [-0.3, -0.25) is 0 Å². The van der Waals surface area contributed by atoms with Crippen LogP contribution in [0.2, 0.25) is 0 Å². The molecule has 1 saturated heterocycles. The van der Waals surface area contributed by atoms with E-state index >= 15 is 0 Å². The topological polar surface area (TPSA) is 63.2 Å². The van der Waals surface area contributed by atoms with Crippen molar-refractivity contribution in [2.75, 3.05) is 0 Å². The van der Waals surface area contributed by atoms with Crippen LogP contribution in [0, 0.1) is 11.6 Å². The molecule has 2 aliphatic heterocycles. The van der Waals surface area contributed by atoms with Gasteiger partial charge >= 0.3 is 0 Å². The Morgan fingerprint density at radius 3 is 2.65 bits per heavy atom. The number of hydrogen-bond donors (Lipinski definition) is 0. The molecule has 0 aliphatic carbocycles. The van der Waals surface area contributed by atoms with Crippen molar-refractivity contribution in [2.45, 2.75) is 36.2 Å². The van der Waals surface area contributed by atoms with Crippen molar-refractivity contribution in [1.82, 2.24) is 14.3 Å². The van der Waals surface area contributed by atoms with Crippen molar-refractivity contribution in [3.05, 3.63) is 53.6 Å². The molecule has 2 bridgehead atoms. The van der Waals surface area contributed by atoms with E-state index in [9.17, 15) is 17.2 Å². The van der Waals surface area contributed by atoms with Crippen LogP contribution in [-0.2, 0) is 16.4 Å². The molecule has 3 heterocycles. The van der Waals surface area contributed by atoms with Gasteiger partial charge in [0.25, 0.3) is 0 Å². The number of aromatic nitrogens is 2. The summed E-state index contributed by atoms with van der Waals surface area (Å²) in [6, 6.07) is 2.27. The number of benzene rings is 1. The fourth-order valence-corrected chi connectivity index (χ4v) is 5.55. The van der Waals surface area contributed by atoms with Crippen molar-refractivity contribution >= 4 is 10.0 Å². The highest BCUT2D eigenvalue weighted by Gasteiger charge is 2.48. The lowest BCUT2D eigenvalue weighted by Crippen LogP contribution is -2.42. The summed E-state index contributed by atoms with van der Waals surface area (Å²) in [7, 11) is -4.27. The summed E-state index contributed by atoms with van der Waals surface area (Å²) in [6.07, 6.45) is 4.69. The monoisotopic (exact) mass is 337 g/mol. The van der Waals surface area contributed by atoms with Gasteiger partial charge in [0.05, 0.1) is 11.7 Å². The van der Waals surface area contributed by atoms with E-state index in [1.54, 1.807) is 6.20 Å². The number of rotatable bonds is 2. The molecule has 0 radical (unpaired) electrons. The zero-order valence-electron chi connectivity index (χ0n) is 12.0. The second-order valence-corrected chi connectivity index (χ2v) is 7.54. The summed E-state index contributed by atoms with van der Waals surface area (Å²) in [6.45, 7) is 0. The van der Waals surface area contributed by atoms with Crippen LogP contribution in [0.1, 0.15) is 30.1 Å². The molecule has 120 valence electrons. The molecule has 1 fully saturated rings. The lowest BCUT2D eigenvalue weighted by atomic mass is 10.0. The maximum Gasteiger partial charge on any atom is 0.249 e. The van der Waals surface area contributed by atoms with Gasteiger partial charge in [-0.15, -0.1) is 0 Å². The summed E-state index contributed by atoms with van der Waals surface area (Å²) in [5, 5.41) is 0. The number of nitrogens with zero attached hydrogens (tertiary/aromatic N) is 3. The number of sulfonamides is 1. The van der Waals surface area contributed by atoms with Crippen LogP contribution in [0.3, 0.4) is 0 Å². The quantitative estimate of drug-likeness (QED) is 0.843. The summed E-state index contributed by atoms with van der Waals surface area (Å²) >= 11 is 0. The zero-order chi connectivity index (χ0) is 16.2. The molecule has 1 aromatic heterocycles. The fraction of sp³-hybridized carbons (Fsp3) is 0.333. The number of fused-ring (bicyclic) bond motifs is 4. The van der Waals surface area contributed by atoms with Gasteiger partial charge in [0, 0.05) is 24.2 Å². The minimum Gasteiger partial charge on any atom is -0.244 e. The van der Waals surface area contributed by atoms with Gasteiger partial charge in [0.1, 0.15) is 18.0 Å². The first-order valence-electron chi connectivity index (χ1n) is 7.26. The zero-order valence-corrected chi connectivity index (χ0v) is 12.8. The first-order chi connectivity index (χ1) is 11.0. The van der Waals surface area contributed by atoms with Crippen molar-refractivity contribution in [2.24, 2.45) is 0 Å². The molecule has 2 unspecified atom stereocenters. The average Bonchev–Trinajstić information content (AvgIpc) is 2.84. The van der Waals surface area contributed by atoms with E-state index in [1.807, 2.05) is 0 Å². The SMILES string of the molecule is O=S(=O)(c1c(F)cccc1F)N1C2CCC1c1cncnc1C2. The maximum absolute atomic E-state index is 14.0. The molecule has 0 amide bonds. The Kier molecular flexibility index (Phi) is 3.21. The molecule has 2 aromatic rings. The predicted octanol–water partition coefficient (Wildman–Crippen LogP) is 2.21. The van der Waals surface area contributed by atoms with E-state index in [4.69, 9.17) is 0 Å². The third-order valence-corrected chi connectivity index (χ3v) is 6.52. The highest BCUT2D eigenvalue weighted by Crippen LogP contribution is 2.46. The lowest BCUT2D eigenvalue weighted by molar-refractivity contribution is 0.297. The van der Waals surface area contributed by atoms with Gasteiger partial charge in [0.2, 0.25) is 10.0 Å². The van der Waals surface area contributed by atoms with Crippen molar-refractivity contribution in [3.63, 3.8) is 0 Å². The van der Waals surface area contributed by atoms with Crippen LogP contribution in [0.25, 0.3) is 0 Å². The van der Waals surface area contributed by atoms with Gasteiger partial charge in [-0.1, -0.05) is 6.07 Å². The third-order valence-electron chi connectivity index (χ3n) is 4.51. The predicted molar refractivity (Wildman–Crippen MR) is 76.9 cm³/mol. The maximum atomic E-state index is 14.0. The second-order valence-electron chi connectivity index (χ2n) is 5.76. The largest absolute Gasteiger partial charge is 0.249 e. The van der Waals surface area contributed by atoms with Gasteiger partial charge < -0.3 is 0 Å². The Morgan fingerprint density at radius 2 is 1.91 bits per heavy atom. The highest BCUT2D eigenvalue weighted by atomic mass is 32.2. The highest BCUT2D eigenvalue weighted by molar-refractivity contribution is 7.89. The van der Waals surface area contributed by atoms with Crippen molar-refractivity contribution in [3.8, 4) is 0 Å². The van der Waals surface area contributed by atoms with E-state index in [2.05, 4.69) is 9.97 Å². The molecule has 4 rings (SSSR count). The summed E-state index contributed by atoms with van der Waals surface area (Å²) in [4.78, 5) is 7.28. The summed E-state index contributed by atoms with van der Waals surface area (Å²) < 4.78 is 55.0. The van der Waals surface area contributed by atoms with E-state index in [1.165, 1.54) is 10.6 Å². The number of hydrogen-bond acceptors (Lipinski definition) is 4. The van der Waals surface area contributed by atoms with E-state index < -0.39 is 32.6 Å². The van der Waals surface area contributed by atoms with Crippen LogP contribution in [0.4, 0.5) is 8.78 Å². The molecule has 5 nitrogen and oxygen atoms in total. The molecular formula is C15H13F2N3O2S. The fourth-order valence-electron chi connectivity index (χ4n) is 3.58. The number of halogens is 2. The van der Waals surface area contributed by atoms with Crippen LogP contribution in [0.15, 0.2) is 35.6 Å². The first-order valence-corrected chi connectivity index (χ1v) is 8.70. The van der Waals surface area contributed by atoms with Crippen LogP contribution in [0.5, 0.6) is 0 Å². The molecule has 0 N–H and O–H groups in total. The molecule has 2 atom stereocenters. The Hall–Kier alpha value is -1.93. The first kappa shape index (κ1) is 14.6. The van der Waals surface area contributed by atoms with E-state index in [0.717, 1.165) is 29.5 Å². The average molecular weight is 337 g/mol. The van der Waals surface area contributed by atoms with Gasteiger partial charge in [-0.05, 0) is 25.0 Å². The van der Waals surface area contributed by atoms with E-state index in [-0.39, 0.29) is 6.04 Å². The molecule has 8 heteroatoms. The van der Waals surface area contributed by atoms with Crippen LogP contribution in [-0.4, -0.2) is 28.7 Å². The minimum atomic E-state index is -4.27. The summed E-state index contributed by atoms with van der Waals surface area (Å²) in [5.41, 5.74) is 1.54. The third kappa shape index (κ3) is 2.08. The van der Waals surface area contributed by atoms with Crippen LogP contribution < -0.4 is 0 Å². The summed E-state index contributed by atoms with van der Waals surface area (Å²) in [5.74, 6) is -2.14. The molecule has 0 saturated carbocycles. The Balaban J connectivity index is 1.86. The van der Waals surface area contributed by atoms with Gasteiger partial charge in [-0.2, -0.15) is 4.31 Å². The van der Waals surface area contributed by atoms with Gasteiger partial charge in [-0.25, -0.2) is 27.2 Å². The normalized spacial score (nSPS) is 23.7. The minimum absolute atomic E-state index is 0.327.